The number of nitriles is 1. The topological polar surface area (TPSA) is 49.8 Å². The second kappa shape index (κ2) is 5.30. The number of hydrogen-bond acceptors (Lipinski definition) is 2. The summed E-state index contributed by atoms with van der Waals surface area (Å²) in [6.45, 7) is 8.97. The quantitative estimate of drug-likeness (QED) is 0.804. The van der Waals surface area contributed by atoms with Crippen LogP contribution in [0.15, 0.2) is 6.07 Å². The van der Waals surface area contributed by atoms with E-state index in [1.807, 2.05) is 0 Å². The van der Waals surface area contributed by atoms with Crippen LogP contribution in [-0.2, 0) is 11.8 Å². The fourth-order valence-corrected chi connectivity index (χ4v) is 4.40. The molecule has 1 aromatic rings. The first-order valence-corrected chi connectivity index (χ1v) is 7.75. The van der Waals surface area contributed by atoms with Crippen molar-refractivity contribution in [2.75, 3.05) is 5.73 Å². The van der Waals surface area contributed by atoms with Crippen LogP contribution in [0.25, 0.3) is 0 Å². The Hall–Kier alpha value is -1.20. The van der Waals surface area contributed by atoms with Crippen molar-refractivity contribution in [2.45, 2.75) is 52.4 Å². The fourth-order valence-electron chi connectivity index (χ4n) is 4.09. The number of nitrogens with zero attached hydrogens (tertiary/aromatic N) is 1. The molecule has 0 radical (unpaired) electrons. The van der Waals surface area contributed by atoms with Crippen molar-refractivity contribution < 1.29 is 0 Å². The van der Waals surface area contributed by atoms with E-state index in [-0.39, 0.29) is 5.41 Å². The molecule has 2 nitrogen and oxygen atoms in total. The smallest absolute Gasteiger partial charge is 0.102 e. The summed E-state index contributed by atoms with van der Waals surface area (Å²) in [5.74, 6) is 0.901. The largest absolute Gasteiger partial charge is 0.398 e. The van der Waals surface area contributed by atoms with E-state index in [2.05, 4.69) is 33.8 Å². The number of nitrogens with two attached hydrogens (primary N) is 1. The zero-order valence-electron chi connectivity index (χ0n) is 12.8. The Morgan fingerprint density at radius 2 is 1.90 bits per heavy atom. The van der Waals surface area contributed by atoms with Gasteiger partial charge < -0.3 is 5.73 Å². The van der Waals surface area contributed by atoms with Gasteiger partial charge in [-0.2, -0.15) is 5.26 Å². The van der Waals surface area contributed by atoms with Gasteiger partial charge in [-0.1, -0.05) is 39.3 Å². The van der Waals surface area contributed by atoms with Gasteiger partial charge in [-0.3, -0.25) is 0 Å². The first-order valence-electron chi connectivity index (χ1n) is 7.37. The molecule has 0 bridgehead atoms. The summed E-state index contributed by atoms with van der Waals surface area (Å²) < 4.78 is 0. The maximum Gasteiger partial charge on any atom is 0.102 e. The molecule has 0 fully saturated rings. The first-order chi connectivity index (χ1) is 9.36. The van der Waals surface area contributed by atoms with Crippen LogP contribution >= 0.6 is 11.6 Å². The monoisotopic (exact) mass is 290 g/mol. The minimum atomic E-state index is -0.00231. The van der Waals surface area contributed by atoms with Crippen molar-refractivity contribution in [1.82, 2.24) is 0 Å². The van der Waals surface area contributed by atoms with E-state index in [0.717, 1.165) is 35.4 Å². The highest BCUT2D eigenvalue weighted by atomic mass is 35.5. The summed E-state index contributed by atoms with van der Waals surface area (Å²) in [6, 6.07) is 4.08. The maximum absolute atomic E-state index is 9.59. The van der Waals surface area contributed by atoms with Crippen LogP contribution in [-0.4, -0.2) is 0 Å². The van der Waals surface area contributed by atoms with Gasteiger partial charge in [0.1, 0.15) is 6.07 Å². The van der Waals surface area contributed by atoms with E-state index in [0.29, 0.717) is 23.1 Å². The van der Waals surface area contributed by atoms with E-state index < -0.39 is 0 Å². The number of hydrogen-bond donors (Lipinski definition) is 1. The summed E-state index contributed by atoms with van der Waals surface area (Å²) in [7, 11) is 0. The predicted octanol–water partition coefficient (Wildman–Crippen LogP) is 4.68. The Bertz CT molecular complexity index is 559. The molecule has 0 amide bonds. The van der Waals surface area contributed by atoms with Crippen molar-refractivity contribution >= 4 is 17.3 Å². The molecule has 0 atom stereocenters. The molecule has 1 aliphatic carbocycles. The molecular formula is C17H23ClN2. The van der Waals surface area contributed by atoms with Gasteiger partial charge in [0.2, 0.25) is 0 Å². The van der Waals surface area contributed by atoms with Gasteiger partial charge in [-0.15, -0.1) is 0 Å². The minimum Gasteiger partial charge on any atom is -0.398 e. The number of nitrogen functional groups attached to an aromatic ring is 1. The van der Waals surface area contributed by atoms with Gasteiger partial charge in [0, 0.05) is 10.4 Å². The van der Waals surface area contributed by atoms with Crippen molar-refractivity contribution in [3.63, 3.8) is 0 Å². The third-order valence-electron chi connectivity index (χ3n) is 5.07. The van der Waals surface area contributed by atoms with E-state index in [1.165, 1.54) is 0 Å². The number of anilines is 1. The molecule has 1 aliphatic rings. The minimum absolute atomic E-state index is 0.00231. The van der Waals surface area contributed by atoms with Crippen molar-refractivity contribution in [2.24, 2.45) is 11.8 Å². The Balaban J connectivity index is 2.87. The number of benzene rings is 1. The second-order valence-corrected chi connectivity index (χ2v) is 6.90. The normalized spacial score (nSPS) is 17.1. The lowest BCUT2D eigenvalue weighted by Crippen LogP contribution is -2.42. The summed E-state index contributed by atoms with van der Waals surface area (Å²) >= 11 is 6.42. The average Bonchev–Trinajstić information content (AvgIpc) is 2.38. The predicted molar refractivity (Wildman–Crippen MR) is 84.9 cm³/mol. The van der Waals surface area contributed by atoms with E-state index in [4.69, 9.17) is 17.3 Å². The number of rotatable bonds is 2. The molecule has 0 aromatic heterocycles. The zero-order valence-corrected chi connectivity index (χ0v) is 13.5. The Morgan fingerprint density at radius 1 is 1.30 bits per heavy atom. The Labute approximate surface area is 126 Å². The van der Waals surface area contributed by atoms with Gasteiger partial charge in [0.05, 0.1) is 11.3 Å². The third kappa shape index (κ3) is 2.00. The van der Waals surface area contributed by atoms with Gasteiger partial charge in [0.15, 0.2) is 0 Å². The molecule has 20 heavy (non-hydrogen) atoms. The highest BCUT2D eigenvalue weighted by molar-refractivity contribution is 6.31. The summed E-state index contributed by atoms with van der Waals surface area (Å²) in [5, 5.41) is 10.3. The zero-order chi connectivity index (χ0) is 15.1. The summed E-state index contributed by atoms with van der Waals surface area (Å²) in [5.41, 5.74) is 9.50. The van der Waals surface area contributed by atoms with Crippen LogP contribution in [0.2, 0.25) is 5.02 Å². The van der Waals surface area contributed by atoms with Gasteiger partial charge in [-0.25, -0.2) is 0 Å². The van der Waals surface area contributed by atoms with Gasteiger partial charge in [-0.05, 0) is 48.3 Å². The van der Waals surface area contributed by atoms with E-state index in [9.17, 15) is 5.26 Å². The lowest BCUT2D eigenvalue weighted by Gasteiger charge is -2.47. The standard InChI is InChI=1S/C17H23ClN2/c1-10(2)17(11(3)4)7-5-6-12-14(18)8-15(20)13(9-19)16(12)17/h8,10-11H,5-7,20H2,1-4H3. The molecule has 0 saturated heterocycles. The first kappa shape index (κ1) is 15.2. The van der Waals surface area contributed by atoms with Crippen LogP contribution in [0.5, 0.6) is 0 Å². The van der Waals surface area contributed by atoms with E-state index in [1.54, 1.807) is 6.07 Å². The van der Waals surface area contributed by atoms with Crippen molar-refractivity contribution in [1.29, 1.82) is 5.26 Å². The molecule has 0 heterocycles. The Morgan fingerprint density at radius 3 is 2.40 bits per heavy atom. The molecule has 0 saturated carbocycles. The number of fused-ring (bicyclic) bond motifs is 1. The maximum atomic E-state index is 9.59. The van der Waals surface area contributed by atoms with Crippen LogP contribution in [0.1, 0.15) is 57.2 Å². The number of halogens is 1. The second-order valence-electron chi connectivity index (χ2n) is 6.49. The van der Waals surface area contributed by atoms with Crippen LogP contribution in [0, 0.1) is 23.2 Å². The van der Waals surface area contributed by atoms with E-state index >= 15 is 0 Å². The molecular weight excluding hydrogens is 268 g/mol. The molecule has 0 spiro atoms. The lowest BCUT2D eigenvalue weighted by molar-refractivity contribution is 0.185. The SMILES string of the molecule is CC(C)C1(C(C)C)CCCc2c(Cl)cc(N)c(C#N)c21. The molecule has 0 aliphatic heterocycles. The molecule has 108 valence electrons. The van der Waals surface area contributed by atoms with Crippen molar-refractivity contribution in [3.05, 3.63) is 27.8 Å². The van der Waals surface area contributed by atoms with Crippen LogP contribution in [0.3, 0.4) is 0 Å². The summed E-state index contributed by atoms with van der Waals surface area (Å²) in [4.78, 5) is 0. The highest BCUT2D eigenvalue weighted by Gasteiger charge is 2.44. The summed E-state index contributed by atoms with van der Waals surface area (Å²) in [6.07, 6.45) is 3.17. The highest BCUT2D eigenvalue weighted by Crippen LogP contribution is 2.51. The fraction of sp³-hybridized carbons (Fsp3) is 0.588. The van der Waals surface area contributed by atoms with Gasteiger partial charge in [0.25, 0.3) is 0 Å². The van der Waals surface area contributed by atoms with Crippen LogP contribution < -0.4 is 5.73 Å². The lowest BCUT2D eigenvalue weighted by atomic mass is 9.57. The van der Waals surface area contributed by atoms with Gasteiger partial charge >= 0.3 is 0 Å². The van der Waals surface area contributed by atoms with Crippen LogP contribution in [0.4, 0.5) is 5.69 Å². The molecule has 2 rings (SSSR count). The average molecular weight is 291 g/mol. The molecule has 1 aromatic carbocycles. The molecule has 2 N–H and O–H groups in total. The third-order valence-corrected chi connectivity index (χ3v) is 5.40. The van der Waals surface area contributed by atoms with Crippen molar-refractivity contribution in [3.8, 4) is 6.07 Å². The molecule has 3 heteroatoms. The molecule has 0 unspecified atom stereocenters. The Kier molecular flexibility index (Phi) is 4.02.